The lowest BCUT2D eigenvalue weighted by atomic mass is 10.3. The van der Waals surface area contributed by atoms with E-state index in [2.05, 4.69) is 31.9 Å². The Hall–Kier alpha value is -2.43. The van der Waals surface area contributed by atoms with E-state index in [1.807, 2.05) is 52.1 Å². The third-order valence-electron chi connectivity index (χ3n) is 4.86. The van der Waals surface area contributed by atoms with Gasteiger partial charge in [-0.3, -0.25) is 30.3 Å². The van der Waals surface area contributed by atoms with Crippen molar-refractivity contribution < 1.29 is 38.5 Å². The van der Waals surface area contributed by atoms with Gasteiger partial charge in [0.25, 0.3) is 5.69 Å². The monoisotopic (exact) mass is 975 g/mol. The number of benzene rings is 3. The van der Waals surface area contributed by atoms with Crippen molar-refractivity contribution in [3.63, 3.8) is 0 Å². The van der Waals surface area contributed by atoms with Gasteiger partial charge in [0.15, 0.2) is 5.75 Å². The van der Waals surface area contributed by atoms with Crippen LogP contribution in [-0.2, 0) is 0 Å². The van der Waals surface area contributed by atoms with Crippen molar-refractivity contribution in [2.24, 2.45) is 0 Å². The minimum atomic E-state index is -0.520. The zero-order chi connectivity index (χ0) is 33.0. The number of rotatable bonds is 9. The average molecular weight is 978 g/mol. The van der Waals surface area contributed by atoms with Crippen LogP contribution in [0, 0.1) is 37.5 Å². The van der Waals surface area contributed by atoms with Gasteiger partial charge in [0.2, 0.25) is 11.5 Å². The molecule has 0 saturated heterocycles. The van der Waals surface area contributed by atoms with Crippen LogP contribution < -0.4 is 23.7 Å². The summed E-state index contributed by atoms with van der Waals surface area (Å²) in [5, 5.41) is 32.1. The molecule has 0 unspecified atom stereocenters. The van der Waals surface area contributed by atoms with E-state index >= 15 is 0 Å². The predicted octanol–water partition coefficient (Wildman–Crippen LogP) is 8.61. The average Bonchev–Trinajstić information content (AvgIpc) is 2.94. The normalized spacial score (nSPS) is 9.81. The summed E-state index contributed by atoms with van der Waals surface area (Å²) < 4.78 is 27.5. The van der Waals surface area contributed by atoms with Gasteiger partial charge in [-0.25, -0.2) is 0 Å². The van der Waals surface area contributed by atoms with Crippen LogP contribution in [0.4, 0.5) is 17.1 Å². The van der Waals surface area contributed by atoms with Crippen molar-refractivity contribution in [3.8, 4) is 28.7 Å². The summed E-state index contributed by atoms with van der Waals surface area (Å²) >= 11 is 16.0. The second-order valence-electron chi connectivity index (χ2n) is 7.34. The highest BCUT2D eigenvalue weighted by Crippen LogP contribution is 2.46. The summed E-state index contributed by atoms with van der Waals surface area (Å²) in [5.74, 6) is 1.89. The van der Waals surface area contributed by atoms with Gasteiger partial charge in [-0.05, 0) is 90.0 Å². The highest BCUT2D eigenvalue weighted by molar-refractivity contribution is 14.1. The molecule has 0 N–H and O–H groups in total. The van der Waals surface area contributed by atoms with E-state index in [0.29, 0.717) is 39.9 Å². The first-order valence-electron chi connectivity index (χ1n) is 11.3. The van der Waals surface area contributed by atoms with Gasteiger partial charge in [0.05, 0.1) is 62.9 Å². The summed E-state index contributed by atoms with van der Waals surface area (Å²) in [5.41, 5.74) is -0.211. The molecule has 3 rings (SSSR count). The Morgan fingerprint density at radius 2 is 1.28 bits per heavy atom. The van der Waals surface area contributed by atoms with Crippen LogP contribution in [0.5, 0.6) is 28.7 Å². The predicted molar refractivity (Wildman–Crippen MR) is 183 cm³/mol. The molecule has 0 heterocycles. The molecule has 3 aromatic rings. The number of nitrogens with zero attached hydrogens (tertiary/aromatic N) is 3. The molecule has 14 nitrogen and oxygen atoms in total. The molecule has 0 aliphatic carbocycles. The van der Waals surface area contributed by atoms with Crippen molar-refractivity contribution in [3.05, 3.63) is 81.8 Å². The fourth-order valence-electron chi connectivity index (χ4n) is 3.05. The smallest absolute Gasteiger partial charge is 0.313 e. The molecular formula is C24H22Br2ClI2N3O11. The SMILES string of the molecule is CCOc1ccc([N+](=O)[O-])cc1Cl.COc1c(Br)cc([N+](=O)[O-])c(OC)c1Br.COc1c(I)cc([N+](=O)[O-])c(OC)c1I. The lowest BCUT2D eigenvalue weighted by molar-refractivity contribution is -0.386. The quantitative estimate of drug-likeness (QED) is 0.114. The lowest BCUT2D eigenvalue weighted by Crippen LogP contribution is -2.00. The molecule has 0 atom stereocenters. The Morgan fingerprint density at radius 1 is 0.767 bits per heavy atom. The van der Waals surface area contributed by atoms with Crippen LogP contribution >= 0.6 is 88.6 Å². The Balaban J connectivity index is 0.000000324. The second-order valence-corrected chi connectivity index (χ2v) is 11.6. The minimum absolute atomic E-state index is 0.0338. The molecule has 234 valence electrons. The van der Waals surface area contributed by atoms with Gasteiger partial charge in [-0.15, -0.1) is 0 Å². The van der Waals surface area contributed by atoms with E-state index in [9.17, 15) is 30.3 Å². The highest BCUT2D eigenvalue weighted by atomic mass is 127. The second kappa shape index (κ2) is 18.4. The number of ether oxygens (including phenoxy) is 5. The van der Waals surface area contributed by atoms with E-state index in [-0.39, 0.29) is 33.6 Å². The molecule has 0 aliphatic rings. The molecule has 3 aromatic carbocycles. The molecule has 0 fully saturated rings. The van der Waals surface area contributed by atoms with Crippen LogP contribution in [0.2, 0.25) is 5.02 Å². The third kappa shape index (κ3) is 10.3. The molecule has 0 spiro atoms. The van der Waals surface area contributed by atoms with Gasteiger partial charge >= 0.3 is 11.4 Å². The Bertz CT molecular complexity index is 1420. The maximum atomic E-state index is 10.8. The van der Waals surface area contributed by atoms with E-state index in [1.54, 1.807) is 0 Å². The minimum Gasteiger partial charge on any atom is -0.494 e. The molecule has 0 saturated carbocycles. The van der Waals surface area contributed by atoms with Crippen LogP contribution in [-0.4, -0.2) is 49.8 Å². The maximum absolute atomic E-state index is 10.8. The molecule has 0 aliphatic heterocycles. The van der Waals surface area contributed by atoms with Crippen LogP contribution in [0.25, 0.3) is 0 Å². The van der Waals surface area contributed by atoms with Gasteiger partial charge in [0, 0.05) is 24.3 Å². The standard InChI is InChI=1S/C8H7Br2NO4.C8H8ClNO3.C8H7I2NO4/c1-14-7-4(9)3-5(11(12)13)8(15-2)6(7)10;1-2-13-8-4-3-6(10(11)12)5-7(8)9;1-14-7-4(9)3-5(11(12)13)8(15-2)6(7)10/h3H,1-2H3;3-5H,2H2,1H3;3H,1-2H3. The molecule has 0 bridgehead atoms. The van der Waals surface area contributed by atoms with Gasteiger partial charge in [0.1, 0.15) is 19.5 Å². The molecule has 0 aromatic heterocycles. The number of hydrogen-bond donors (Lipinski definition) is 0. The summed E-state index contributed by atoms with van der Waals surface area (Å²) in [6.45, 7) is 2.30. The van der Waals surface area contributed by atoms with E-state index < -0.39 is 14.8 Å². The maximum Gasteiger partial charge on any atom is 0.313 e. The molecule has 0 amide bonds. The third-order valence-corrected chi connectivity index (χ3v) is 8.25. The molecule has 43 heavy (non-hydrogen) atoms. The van der Waals surface area contributed by atoms with Crippen molar-refractivity contribution in [2.45, 2.75) is 6.92 Å². The zero-order valence-corrected chi connectivity index (χ0v) is 31.1. The van der Waals surface area contributed by atoms with Crippen LogP contribution in [0.1, 0.15) is 6.92 Å². The first kappa shape index (κ1) is 38.6. The van der Waals surface area contributed by atoms with E-state index in [1.165, 1.54) is 58.8 Å². The number of nitro benzene ring substituents is 3. The Kier molecular flexibility index (Phi) is 16.5. The van der Waals surface area contributed by atoms with E-state index in [4.69, 9.17) is 35.3 Å². The summed E-state index contributed by atoms with van der Waals surface area (Å²) in [6, 6.07) is 6.89. The molecule has 19 heteroatoms. The zero-order valence-electron chi connectivity index (χ0n) is 22.8. The fourth-order valence-corrected chi connectivity index (χ4v) is 7.17. The number of halogens is 5. The highest BCUT2D eigenvalue weighted by Gasteiger charge is 2.25. The topological polar surface area (TPSA) is 176 Å². The molecular weight excluding hydrogens is 955 g/mol. The molecule has 0 radical (unpaired) electrons. The number of non-ortho nitro benzene ring substituents is 1. The number of nitro groups is 3. The first-order valence-corrected chi connectivity index (χ1v) is 15.4. The van der Waals surface area contributed by atoms with E-state index in [0.717, 1.165) is 0 Å². The largest absolute Gasteiger partial charge is 0.494 e. The first-order chi connectivity index (χ1) is 20.2. The number of hydrogen-bond acceptors (Lipinski definition) is 11. The van der Waals surface area contributed by atoms with Crippen molar-refractivity contribution in [1.82, 2.24) is 0 Å². The van der Waals surface area contributed by atoms with Gasteiger partial charge in [-0.1, -0.05) is 11.6 Å². The summed E-state index contributed by atoms with van der Waals surface area (Å²) in [4.78, 5) is 30.3. The van der Waals surface area contributed by atoms with Crippen LogP contribution in [0.15, 0.2) is 39.3 Å². The van der Waals surface area contributed by atoms with Crippen LogP contribution in [0.3, 0.4) is 0 Å². The van der Waals surface area contributed by atoms with Crippen molar-refractivity contribution in [1.29, 1.82) is 0 Å². The van der Waals surface area contributed by atoms with Gasteiger partial charge in [-0.2, -0.15) is 0 Å². The summed E-state index contributed by atoms with van der Waals surface area (Å²) in [7, 11) is 5.75. The fraction of sp³-hybridized carbons (Fsp3) is 0.250. The van der Waals surface area contributed by atoms with Crippen molar-refractivity contribution in [2.75, 3.05) is 35.0 Å². The van der Waals surface area contributed by atoms with Gasteiger partial charge < -0.3 is 23.7 Å². The lowest BCUT2D eigenvalue weighted by Gasteiger charge is -2.10. The van der Waals surface area contributed by atoms with Crippen molar-refractivity contribution >= 4 is 106 Å². The summed E-state index contributed by atoms with van der Waals surface area (Å²) in [6.07, 6.45) is 0. The Morgan fingerprint density at radius 3 is 1.70 bits per heavy atom. The number of methoxy groups -OCH3 is 4. The Labute approximate surface area is 294 Å².